The summed E-state index contributed by atoms with van der Waals surface area (Å²) in [5.41, 5.74) is 1.39. The molecule has 172 valence electrons. The van der Waals surface area contributed by atoms with Crippen LogP contribution in [0.1, 0.15) is 44.1 Å². The Bertz CT molecular complexity index is 1020. The van der Waals surface area contributed by atoms with Gasteiger partial charge in [-0.05, 0) is 67.0 Å². The molecule has 2 aliphatic carbocycles. The molecule has 0 aliphatic heterocycles. The lowest BCUT2D eigenvalue weighted by Crippen LogP contribution is -2.48. The third kappa shape index (κ3) is 5.08. The van der Waals surface area contributed by atoms with Crippen LogP contribution in [-0.2, 0) is 20.7 Å². The van der Waals surface area contributed by atoms with Crippen LogP contribution in [0, 0.1) is 11.8 Å². The van der Waals surface area contributed by atoms with Crippen LogP contribution in [0.5, 0.6) is 0 Å². The maximum Gasteiger partial charge on any atom is 0.319 e. The molecule has 2 fully saturated rings. The van der Waals surface area contributed by atoms with Gasteiger partial charge in [-0.1, -0.05) is 25.3 Å². The van der Waals surface area contributed by atoms with Gasteiger partial charge in [0.1, 0.15) is 0 Å². The average Bonchev–Trinajstić information content (AvgIpc) is 2.83. The summed E-state index contributed by atoms with van der Waals surface area (Å²) in [6.45, 7) is 0.343. The number of rotatable bonds is 6. The molecule has 0 bridgehead atoms. The molecule has 0 radical (unpaired) electrons. The highest BCUT2D eigenvalue weighted by molar-refractivity contribution is 7.92. The van der Waals surface area contributed by atoms with Crippen molar-refractivity contribution in [2.75, 3.05) is 5.32 Å². The van der Waals surface area contributed by atoms with Crippen molar-refractivity contribution in [3.05, 3.63) is 54.4 Å². The van der Waals surface area contributed by atoms with Crippen molar-refractivity contribution in [3.8, 4) is 0 Å². The van der Waals surface area contributed by atoms with E-state index in [2.05, 4.69) is 15.6 Å². The van der Waals surface area contributed by atoms with Crippen LogP contribution in [0.3, 0.4) is 0 Å². The molecule has 2 N–H and O–H groups in total. The molecular formula is C23H28ClN3O4S. The maximum absolute atomic E-state index is 13.6. The minimum absolute atomic E-state index is 0.0716. The summed E-state index contributed by atoms with van der Waals surface area (Å²) in [7, 11) is -3.63. The third-order valence-corrected chi connectivity index (χ3v) is 9.20. The Hall–Kier alpha value is -2.16. The number of nitrogens with one attached hydrogen (secondary N) is 2. The summed E-state index contributed by atoms with van der Waals surface area (Å²) < 4.78 is 32.2. The summed E-state index contributed by atoms with van der Waals surface area (Å²) in [6.07, 6.45) is 8.63. The molecule has 2 amide bonds. The van der Waals surface area contributed by atoms with E-state index in [0.29, 0.717) is 24.6 Å². The predicted octanol–water partition coefficient (Wildman–Crippen LogP) is 4.68. The van der Waals surface area contributed by atoms with Crippen LogP contribution >= 0.6 is 11.9 Å². The maximum atomic E-state index is 13.6. The van der Waals surface area contributed by atoms with Gasteiger partial charge in [-0.25, -0.2) is 13.2 Å². The Morgan fingerprint density at radius 2 is 1.88 bits per heavy atom. The summed E-state index contributed by atoms with van der Waals surface area (Å²) in [5.74, 6) is 0.485. The first-order chi connectivity index (χ1) is 15.5. The molecule has 2 aliphatic rings. The average molecular weight is 478 g/mol. The Morgan fingerprint density at radius 1 is 1.09 bits per heavy atom. The van der Waals surface area contributed by atoms with Gasteiger partial charge >= 0.3 is 6.03 Å². The molecule has 1 aromatic carbocycles. The van der Waals surface area contributed by atoms with Crippen molar-refractivity contribution < 1.29 is 17.5 Å². The van der Waals surface area contributed by atoms with Gasteiger partial charge in [0.15, 0.2) is 9.84 Å². The highest BCUT2D eigenvalue weighted by Gasteiger charge is 2.48. The van der Waals surface area contributed by atoms with Gasteiger partial charge in [0.25, 0.3) is 0 Å². The molecular weight excluding hydrogens is 450 g/mol. The molecule has 2 aromatic rings. The Labute approximate surface area is 194 Å². The largest absolute Gasteiger partial charge is 0.334 e. The summed E-state index contributed by atoms with van der Waals surface area (Å²) >= 11 is 5.73. The first kappa shape index (κ1) is 23.0. The van der Waals surface area contributed by atoms with Crippen LogP contribution in [0.15, 0.2) is 53.7 Å². The van der Waals surface area contributed by atoms with E-state index < -0.39 is 21.2 Å². The van der Waals surface area contributed by atoms with Crippen molar-refractivity contribution in [2.45, 2.75) is 61.3 Å². The van der Waals surface area contributed by atoms with Gasteiger partial charge < -0.3 is 10.6 Å². The number of carbonyl (C=O) groups excluding carboxylic acids is 1. The van der Waals surface area contributed by atoms with Crippen LogP contribution < -0.4 is 10.6 Å². The van der Waals surface area contributed by atoms with Crippen molar-refractivity contribution >= 4 is 33.4 Å². The number of nitrogens with zero attached hydrogens (tertiary/aromatic N) is 1. The van der Waals surface area contributed by atoms with E-state index >= 15 is 0 Å². The topological polar surface area (TPSA) is 97.4 Å². The highest BCUT2D eigenvalue weighted by Crippen LogP contribution is 2.45. The second-order valence-electron chi connectivity index (χ2n) is 8.62. The van der Waals surface area contributed by atoms with Gasteiger partial charge in [0.05, 0.1) is 28.1 Å². The Morgan fingerprint density at radius 3 is 2.59 bits per heavy atom. The van der Waals surface area contributed by atoms with Gasteiger partial charge in [0.2, 0.25) is 0 Å². The van der Waals surface area contributed by atoms with E-state index in [1.807, 2.05) is 6.07 Å². The number of aromatic nitrogens is 1. The first-order valence-corrected chi connectivity index (χ1v) is 12.9. The lowest BCUT2D eigenvalue weighted by atomic mass is 9.70. The Balaban J connectivity index is 1.44. The molecule has 9 heteroatoms. The zero-order valence-electron chi connectivity index (χ0n) is 17.7. The molecule has 2 saturated carbocycles. The standard InChI is InChI=1S/C23H28ClN3O4S/c24-31-21-12-7-17-5-1-2-6-20(17)22(21)32(29,30)19-10-8-18(9-11-19)27-23(28)26-15-16-4-3-13-25-14-16/h3-4,8-11,13-14,17,20-22H,1-2,5-7,12,15H2,(H2,26,27,28). The number of sulfone groups is 1. The van der Waals surface area contributed by atoms with Gasteiger partial charge in [0, 0.05) is 24.6 Å². The number of hydrogen-bond donors (Lipinski definition) is 2. The smallest absolute Gasteiger partial charge is 0.319 e. The van der Waals surface area contributed by atoms with Crippen molar-refractivity contribution in [1.29, 1.82) is 0 Å². The van der Waals surface area contributed by atoms with Gasteiger partial charge in [-0.2, -0.15) is 0 Å². The SMILES string of the molecule is O=C(NCc1cccnc1)Nc1ccc(S(=O)(=O)C2C(OCl)CCC3CCCCC32)cc1. The lowest BCUT2D eigenvalue weighted by Gasteiger charge is -2.43. The number of urea groups is 1. The number of amides is 2. The summed E-state index contributed by atoms with van der Waals surface area (Å²) in [6, 6.07) is 9.59. The molecule has 0 spiro atoms. The molecule has 0 saturated heterocycles. The number of anilines is 1. The van der Waals surface area contributed by atoms with Crippen LogP contribution in [0.4, 0.5) is 10.5 Å². The zero-order valence-corrected chi connectivity index (χ0v) is 19.3. The fraction of sp³-hybridized carbons (Fsp3) is 0.478. The van der Waals surface area contributed by atoms with Crippen molar-refractivity contribution in [3.63, 3.8) is 0 Å². The monoisotopic (exact) mass is 477 g/mol. The highest BCUT2D eigenvalue weighted by atomic mass is 35.5. The fourth-order valence-electron chi connectivity index (χ4n) is 5.12. The molecule has 1 heterocycles. The van der Waals surface area contributed by atoms with E-state index in [0.717, 1.165) is 37.7 Å². The van der Waals surface area contributed by atoms with Crippen LogP contribution in [-0.4, -0.2) is 30.8 Å². The van der Waals surface area contributed by atoms with Crippen LogP contribution in [0.25, 0.3) is 0 Å². The predicted molar refractivity (Wildman–Crippen MR) is 123 cm³/mol. The van der Waals surface area contributed by atoms with Crippen LogP contribution in [0.2, 0.25) is 0 Å². The van der Waals surface area contributed by atoms with Crippen molar-refractivity contribution in [2.24, 2.45) is 11.8 Å². The van der Waals surface area contributed by atoms with Gasteiger partial charge in [-0.3, -0.25) is 9.27 Å². The minimum Gasteiger partial charge on any atom is -0.334 e. The van der Waals surface area contributed by atoms with E-state index in [1.54, 1.807) is 42.7 Å². The first-order valence-electron chi connectivity index (χ1n) is 11.0. The molecule has 4 unspecified atom stereocenters. The number of benzene rings is 1. The number of pyridine rings is 1. The number of carbonyl (C=O) groups is 1. The lowest BCUT2D eigenvalue weighted by molar-refractivity contribution is 0.0754. The third-order valence-electron chi connectivity index (χ3n) is 6.67. The second-order valence-corrected chi connectivity index (χ2v) is 10.9. The second kappa shape index (κ2) is 10.2. The number of halogens is 1. The molecule has 7 nitrogen and oxygen atoms in total. The van der Waals surface area contributed by atoms with Gasteiger partial charge in [-0.15, -0.1) is 0 Å². The summed E-state index contributed by atoms with van der Waals surface area (Å²) in [5, 5.41) is 4.84. The fourth-order valence-corrected chi connectivity index (χ4v) is 7.62. The number of fused-ring (bicyclic) bond motifs is 1. The molecule has 32 heavy (non-hydrogen) atoms. The quantitative estimate of drug-likeness (QED) is 0.629. The van der Waals surface area contributed by atoms with E-state index in [1.165, 1.54) is 0 Å². The zero-order chi connectivity index (χ0) is 22.6. The molecule has 1 aromatic heterocycles. The van der Waals surface area contributed by atoms with Crippen molar-refractivity contribution in [1.82, 2.24) is 10.3 Å². The van der Waals surface area contributed by atoms with E-state index in [4.69, 9.17) is 16.2 Å². The minimum atomic E-state index is -3.63. The summed E-state index contributed by atoms with van der Waals surface area (Å²) in [4.78, 5) is 16.4. The van der Waals surface area contributed by atoms with E-state index in [9.17, 15) is 13.2 Å². The number of hydrogen-bond acceptors (Lipinski definition) is 5. The molecule has 4 atom stereocenters. The molecule has 4 rings (SSSR count). The normalized spacial score (nSPS) is 25.5. The van der Waals surface area contributed by atoms with E-state index in [-0.39, 0.29) is 16.8 Å². The Kier molecular flexibility index (Phi) is 7.33.